The van der Waals surface area contributed by atoms with Crippen molar-refractivity contribution in [2.75, 3.05) is 24.7 Å². The molecular formula is C17H20N6O2. The fourth-order valence-corrected chi connectivity index (χ4v) is 2.46. The molecule has 1 aromatic carbocycles. The maximum Gasteiger partial charge on any atom is 0.324 e. The zero-order chi connectivity index (χ0) is 18.0. The minimum atomic E-state index is -0.361. The summed E-state index contributed by atoms with van der Waals surface area (Å²) in [5.41, 5.74) is 1.60. The van der Waals surface area contributed by atoms with Gasteiger partial charge in [-0.1, -0.05) is 0 Å². The van der Waals surface area contributed by atoms with Gasteiger partial charge in [-0.3, -0.25) is 14.8 Å². The molecule has 3 aromatic rings. The molecule has 0 radical (unpaired) electrons. The molecule has 0 fully saturated rings. The Bertz CT molecular complexity index is 924. The molecule has 0 aliphatic heterocycles. The number of likely N-dealkylation sites (N-methyl/N-ethyl adjacent to an activating group) is 1. The lowest BCUT2D eigenvalue weighted by Crippen LogP contribution is -2.25. The van der Waals surface area contributed by atoms with Crippen LogP contribution in [0.2, 0.25) is 0 Å². The summed E-state index contributed by atoms with van der Waals surface area (Å²) in [4.78, 5) is 25.5. The van der Waals surface area contributed by atoms with E-state index in [1.165, 1.54) is 0 Å². The number of urea groups is 1. The number of carbonyl (C=O) groups is 2. The molecule has 3 rings (SSSR count). The Kier molecular flexibility index (Phi) is 4.42. The quantitative estimate of drug-likeness (QED) is 0.763. The van der Waals surface area contributed by atoms with Crippen LogP contribution in [0.25, 0.3) is 10.9 Å². The van der Waals surface area contributed by atoms with Crippen LogP contribution < -0.4 is 10.6 Å². The van der Waals surface area contributed by atoms with Crippen LogP contribution in [0.1, 0.15) is 0 Å². The minimum Gasteiger partial charge on any atom is -0.347 e. The van der Waals surface area contributed by atoms with Crippen molar-refractivity contribution in [3.63, 3.8) is 0 Å². The molecule has 2 N–H and O–H groups in total. The summed E-state index contributed by atoms with van der Waals surface area (Å²) in [6, 6.07) is 8.82. The zero-order valence-electron chi connectivity index (χ0n) is 14.4. The first kappa shape index (κ1) is 16.6. The number of rotatable bonds is 4. The average Bonchev–Trinajstić information content (AvgIpc) is 3.13. The molecule has 0 unspecified atom stereocenters. The van der Waals surface area contributed by atoms with Gasteiger partial charge in [0.2, 0.25) is 5.91 Å². The average molecular weight is 340 g/mol. The molecule has 3 amide bonds. The Hall–Kier alpha value is -3.29. The number of fused-ring (bicyclic) bond motifs is 1. The molecule has 8 nitrogen and oxygen atoms in total. The fourth-order valence-electron chi connectivity index (χ4n) is 2.46. The van der Waals surface area contributed by atoms with Crippen LogP contribution in [-0.4, -0.2) is 45.3 Å². The summed E-state index contributed by atoms with van der Waals surface area (Å²) in [6.07, 6.45) is 3.61. The first-order valence-corrected chi connectivity index (χ1v) is 7.79. The predicted octanol–water partition coefficient (Wildman–Crippen LogP) is 2.11. The van der Waals surface area contributed by atoms with Gasteiger partial charge in [-0.05, 0) is 24.3 Å². The van der Waals surface area contributed by atoms with E-state index in [-0.39, 0.29) is 18.5 Å². The Morgan fingerprint density at radius 3 is 2.60 bits per heavy atom. The predicted molar refractivity (Wildman–Crippen MR) is 96.5 cm³/mol. The Morgan fingerprint density at radius 2 is 1.92 bits per heavy atom. The summed E-state index contributed by atoms with van der Waals surface area (Å²) in [5, 5.41) is 10.5. The summed E-state index contributed by atoms with van der Waals surface area (Å²) in [5.74, 6) is 0.504. The largest absolute Gasteiger partial charge is 0.347 e. The van der Waals surface area contributed by atoms with Crippen molar-refractivity contribution in [2.24, 2.45) is 7.05 Å². The lowest BCUT2D eigenvalue weighted by atomic mass is 10.2. The van der Waals surface area contributed by atoms with E-state index in [9.17, 15) is 9.59 Å². The number of carbonyl (C=O) groups excluding carboxylic acids is 2. The van der Waals surface area contributed by atoms with E-state index >= 15 is 0 Å². The molecule has 130 valence electrons. The first-order chi connectivity index (χ1) is 11.9. The highest BCUT2D eigenvalue weighted by Gasteiger charge is 2.10. The van der Waals surface area contributed by atoms with Crippen LogP contribution in [0, 0.1) is 0 Å². The van der Waals surface area contributed by atoms with E-state index in [2.05, 4.69) is 15.7 Å². The van der Waals surface area contributed by atoms with Gasteiger partial charge < -0.3 is 14.8 Å². The molecule has 2 aromatic heterocycles. The van der Waals surface area contributed by atoms with Gasteiger partial charge in [0.1, 0.15) is 6.54 Å². The minimum absolute atomic E-state index is 0.0226. The zero-order valence-corrected chi connectivity index (χ0v) is 14.4. The highest BCUT2D eigenvalue weighted by molar-refractivity contribution is 6.00. The van der Waals surface area contributed by atoms with Gasteiger partial charge in [0.25, 0.3) is 0 Å². The Balaban J connectivity index is 1.71. The van der Waals surface area contributed by atoms with Crippen LogP contribution in [-0.2, 0) is 18.4 Å². The van der Waals surface area contributed by atoms with Gasteiger partial charge in [-0.2, -0.15) is 5.10 Å². The molecule has 0 spiro atoms. The van der Waals surface area contributed by atoms with Crippen molar-refractivity contribution in [2.45, 2.75) is 6.54 Å². The Morgan fingerprint density at radius 1 is 1.12 bits per heavy atom. The topological polar surface area (TPSA) is 84.2 Å². The molecule has 25 heavy (non-hydrogen) atoms. The van der Waals surface area contributed by atoms with Crippen LogP contribution in [0.3, 0.4) is 0 Å². The van der Waals surface area contributed by atoms with Gasteiger partial charge in [-0.25, -0.2) is 4.79 Å². The number of hydrogen-bond acceptors (Lipinski definition) is 3. The van der Waals surface area contributed by atoms with E-state index in [4.69, 9.17) is 0 Å². The molecular weight excluding hydrogens is 320 g/mol. The van der Waals surface area contributed by atoms with Gasteiger partial charge in [0.15, 0.2) is 5.82 Å². The lowest BCUT2D eigenvalue weighted by molar-refractivity contribution is -0.129. The summed E-state index contributed by atoms with van der Waals surface area (Å²) in [6.45, 7) is 0.281. The monoisotopic (exact) mass is 340 g/mol. The number of nitrogens with zero attached hydrogens (tertiary/aromatic N) is 4. The number of amides is 3. The second-order valence-corrected chi connectivity index (χ2v) is 5.96. The second-order valence-electron chi connectivity index (χ2n) is 5.96. The molecule has 0 bridgehead atoms. The highest BCUT2D eigenvalue weighted by Crippen LogP contribution is 2.21. The van der Waals surface area contributed by atoms with E-state index in [0.717, 1.165) is 10.9 Å². The third-order valence-corrected chi connectivity index (χ3v) is 3.79. The number of hydrogen-bond donors (Lipinski definition) is 2. The van der Waals surface area contributed by atoms with E-state index in [1.807, 2.05) is 29.0 Å². The summed E-state index contributed by atoms with van der Waals surface area (Å²) < 4.78 is 3.49. The van der Waals surface area contributed by atoms with Crippen molar-refractivity contribution in [1.29, 1.82) is 0 Å². The molecule has 0 saturated carbocycles. The maximum absolute atomic E-state index is 12.0. The molecule has 0 saturated heterocycles. The molecule has 8 heteroatoms. The van der Waals surface area contributed by atoms with E-state index in [0.29, 0.717) is 11.5 Å². The van der Waals surface area contributed by atoms with Gasteiger partial charge >= 0.3 is 6.03 Å². The molecule has 2 heterocycles. The number of aromatic nitrogens is 3. The van der Waals surface area contributed by atoms with Gasteiger partial charge in [-0.15, -0.1) is 0 Å². The normalized spacial score (nSPS) is 10.7. The molecule has 0 aliphatic rings. The van der Waals surface area contributed by atoms with Gasteiger partial charge in [0.05, 0.1) is 0 Å². The van der Waals surface area contributed by atoms with Crippen LogP contribution in [0.5, 0.6) is 0 Å². The summed E-state index contributed by atoms with van der Waals surface area (Å²) in [7, 11) is 5.25. The summed E-state index contributed by atoms with van der Waals surface area (Å²) >= 11 is 0. The Labute approximate surface area is 145 Å². The van der Waals surface area contributed by atoms with Crippen molar-refractivity contribution in [1.82, 2.24) is 19.2 Å². The van der Waals surface area contributed by atoms with Crippen molar-refractivity contribution < 1.29 is 9.59 Å². The fraction of sp³-hybridized carbons (Fsp3) is 0.235. The number of nitrogens with one attached hydrogen (secondary N) is 2. The van der Waals surface area contributed by atoms with Crippen molar-refractivity contribution in [3.8, 4) is 0 Å². The van der Waals surface area contributed by atoms with Crippen molar-refractivity contribution >= 4 is 34.3 Å². The first-order valence-electron chi connectivity index (χ1n) is 7.79. The van der Waals surface area contributed by atoms with Crippen LogP contribution >= 0.6 is 0 Å². The van der Waals surface area contributed by atoms with Gasteiger partial charge in [0, 0.05) is 56.2 Å². The standard InChI is InChI=1S/C17H20N6O2/c1-21(2)16(24)11-23-9-6-12-10-13(4-5-14(12)23)18-17(25)19-15-7-8-22(3)20-15/h4-10H,11H2,1-3H3,(H2,18,19,20,25). The van der Waals surface area contributed by atoms with Crippen LogP contribution in [0.15, 0.2) is 42.7 Å². The number of aryl methyl sites for hydroxylation is 1. The second kappa shape index (κ2) is 6.68. The lowest BCUT2D eigenvalue weighted by Gasteiger charge is -2.12. The van der Waals surface area contributed by atoms with E-state index < -0.39 is 0 Å². The van der Waals surface area contributed by atoms with Crippen molar-refractivity contribution in [3.05, 3.63) is 42.7 Å². The third-order valence-electron chi connectivity index (χ3n) is 3.79. The van der Waals surface area contributed by atoms with Crippen LogP contribution in [0.4, 0.5) is 16.3 Å². The highest BCUT2D eigenvalue weighted by atomic mass is 16.2. The molecule has 0 aliphatic carbocycles. The SMILES string of the molecule is CN(C)C(=O)Cn1ccc2cc(NC(=O)Nc3ccn(C)n3)ccc21. The third kappa shape index (κ3) is 3.79. The van der Waals surface area contributed by atoms with E-state index in [1.54, 1.807) is 49.1 Å². The number of anilines is 2. The maximum atomic E-state index is 12.0. The molecule has 0 atom stereocenters. The smallest absolute Gasteiger partial charge is 0.324 e. The number of benzene rings is 1.